The third-order valence-corrected chi connectivity index (χ3v) is 5.07. The molecule has 8 heteroatoms. The number of hydrogen-bond donors (Lipinski definition) is 1. The second-order valence-electron chi connectivity index (χ2n) is 6.69. The van der Waals surface area contributed by atoms with E-state index < -0.39 is 11.9 Å². The molecular formula is C22H18Cl3FN2O2. The Bertz CT molecular complexity index is 1060. The van der Waals surface area contributed by atoms with Crippen molar-refractivity contribution in [3.05, 3.63) is 92.7 Å². The van der Waals surface area contributed by atoms with Gasteiger partial charge in [0, 0.05) is 46.5 Å². The number of rotatable bonds is 5. The number of halogens is 4. The largest absolute Gasteiger partial charge is 0.478 e. The minimum atomic E-state index is -0.705. The third-order valence-electron chi connectivity index (χ3n) is 4.25. The van der Waals surface area contributed by atoms with Gasteiger partial charge in [0.05, 0.1) is 0 Å². The smallest absolute Gasteiger partial charge is 0.321 e. The molecule has 1 N–H and O–H groups in total. The van der Waals surface area contributed by atoms with Crippen molar-refractivity contribution in [2.24, 2.45) is 0 Å². The Labute approximate surface area is 189 Å². The van der Waals surface area contributed by atoms with Gasteiger partial charge in [-0.25, -0.2) is 9.18 Å². The lowest BCUT2D eigenvalue weighted by molar-refractivity contribution is 0.230. The van der Waals surface area contributed by atoms with Crippen molar-refractivity contribution in [3.63, 3.8) is 0 Å². The van der Waals surface area contributed by atoms with Gasteiger partial charge in [0.2, 0.25) is 0 Å². The highest BCUT2D eigenvalue weighted by Crippen LogP contribution is 2.36. The molecule has 0 aliphatic carbocycles. The van der Waals surface area contributed by atoms with E-state index in [4.69, 9.17) is 39.5 Å². The molecule has 0 fully saturated rings. The van der Waals surface area contributed by atoms with E-state index >= 15 is 0 Å². The van der Waals surface area contributed by atoms with E-state index in [0.29, 0.717) is 26.3 Å². The van der Waals surface area contributed by atoms with E-state index in [1.54, 1.807) is 62.6 Å². The number of nitrogens with one attached hydrogen (secondary N) is 1. The van der Waals surface area contributed by atoms with Gasteiger partial charge in [-0.1, -0.05) is 53.0 Å². The molecule has 0 aromatic heterocycles. The van der Waals surface area contributed by atoms with Crippen molar-refractivity contribution < 1.29 is 13.9 Å². The molecule has 3 rings (SSSR count). The fourth-order valence-corrected chi connectivity index (χ4v) is 3.33. The highest BCUT2D eigenvalue weighted by atomic mass is 35.5. The second-order valence-corrected chi connectivity index (χ2v) is 7.97. The quantitative estimate of drug-likeness (QED) is 0.437. The summed E-state index contributed by atoms with van der Waals surface area (Å²) in [7, 11) is 3.19. The SMILES string of the molecule is CN(C)C(=O)Nc1ccc(OC(c2ccc(Cl)cc2)c2ccc(Cl)cc2Cl)c(F)c1. The lowest BCUT2D eigenvalue weighted by Gasteiger charge is -2.22. The number of nitrogens with zero attached hydrogens (tertiary/aromatic N) is 1. The Balaban J connectivity index is 1.95. The average molecular weight is 468 g/mol. The van der Waals surface area contributed by atoms with Crippen LogP contribution in [-0.2, 0) is 0 Å². The van der Waals surface area contributed by atoms with E-state index in [-0.39, 0.29) is 11.8 Å². The summed E-state index contributed by atoms with van der Waals surface area (Å²) in [6, 6.07) is 15.8. The summed E-state index contributed by atoms with van der Waals surface area (Å²) in [6.07, 6.45) is -0.705. The van der Waals surface area contributed by atoms with Crippen LogP contribution in [0.1, 0.15) is 17.2 Å². The van der Waals surface area contributed by atoms with Gasteiger partial charge < -0.3 is 15.0 Å². The van der Waals surface area contributed by atoms with Crippen molar-refractivity contribution >= 4 is 46.5 Å². The van der Waals surface area contributed by atoms with Crippen LogP contribution in [0.25, 0.3) is 0 Å². The highest BCUT2D eigenvalue weighted by Gasteiger charge is 2.21. The normalized spacial score (nSPS) is 11.7. The van der Waals surface area contributed by atoms with Crippen LogP contribution in [0.5, 0.6) is 5.75 Å². The zero-order valence-corrected chi connectivity index (χ0v) is 18.4. The van der Waals surface area contributed by atoms with Gasteiger partial charge in [0.25, 0.3) is 0 Å². The number of ether oxygens (including phenoxy) is 1. The first-order valence-corrected chi connectivity index (χ1v) is 10.0. The maximum absolute atomic E-state index is 14.8. The van der Waals surface area contributed by atoms with Crippen LogP contribution in [0.4, 0.5) is 14.9 Å². The summed E-state index contributed by atoms with van der Waals surface area (Å²) in [4.78, 5) is 13.1. The molecule has 0 aliphatic rings. The zero-order valence-electron chi connectivity index (χ0n) is 16.1. The van der Waals surface area contributed by atoms with Gasteiger partial charge in [-0.05, 0) is 42.0 Å². The van der Waals surface area contributed by atoms with Crippen LogP contribution in [0.3, 0.4) is 0 Å². The van der Waals surface area contributed by atoms with Crippen molar-refractivity contribution in [2.75, 3.05) is 19.4 Å². The third kappa shape index (κ3) is 5.36. The minimum absolute atomic E-state index is 0.00354. The minimum Gasteiger partial charge on any atom is -0.478 e. The first-order valence-electron chi connectivity index (χ1n) is 8.89. The Hall–Kier alpha value is -2.47. The molecule has 156 valence electrons. The Morgan fingerprint density at radius 2 is 1.63 bits per heavy atom. The summed E-state index contributed by atoms with van der Waals surface area (Å²) in [5.41, 5.74) is 1.66. The molecule has 30 heavy (non-hydrogen) atoms. The summed E-state index contributed by atoms with van der Waals surface area (Å²) in [5, 5.41) is 4.01. The molecule has 0 saturated carbocycles. The number of benzene rings is 3. The molecule has 2 amide bonds. The lowest BCUT2D eigenvalue weighted by Crippen LogP contribution is -2.27. The molecule has 0 heterocycles. The highest BCUT2D eigenvalue weighted by molar-refractivity contribution is 6.35. The molecule has 0 bridgehead atoms. The van der Waals surface area contributed by atoms with Gasteiger partial charge in [0.1, 0.15) is 0 Å². The molecule has 1 unspecified atom stereocenters. The number of urea groups is 1. The van der Waals surface area contributed by atoms with Crippen LogP contribution in [0, 0.1) is 5.82 Å². The first-order chi connectivity index (χ1) is 14.2. The van der Waals surface area contributed by atoms with E-state index in [0.717, 1.165) is 5.56 Å². The van der Waals surface area contributed by atoms with Gasteiger partial charge in [-0.15, -0.1) is 0 Å². The second kappa shape index (κ2) is 9.56. The van der Waals surface area contributed by atoms with Crippen molar-refractivity contribution in [2.45, 2.75) is 6.10 Å². The van der Waals surface area contributed by atoms with Crippen molar-refractivity contribution in [1.29, 1.82) is 0 Å². The van der Waals surface area contributed by atoms with Crippen LogP contribution >= 0.6 is 34.8 Å². The average Bonchev–Trinajstić information content (AvgIpc) is 2.69. The summed E-state index contributed by atoms with van der Waals surface area (Å²) >= 11 is 18.4. The van der Waals surface area contributed by atoms with Gasteiger partial charge in [0.15, 0.2) is 17.7 Å². The van der Waals surface area contributed by atoms with Crippen LogP contribution in [-0.4, -0.2) is 25.0 Å². The fourth-order valence-electron chi connectivity index (χ4n) is 2.70. The number of hydrogen-bond acceptors (Lipinski definition) is 2. The molecule has 3 aromatic carbocycles. The number of carbonyl (C=O) groups excluding carboxylic acids is 1. The fraction of sp³-hybridized carbons (Fsp3) is 0.136. The standard InChI is InChI=1S/C22H18Cl3FN2O2/c1-28(2)22(29)27-16-8-10-20(19(26)12-16)30-21(13-3-5-14(23)6-4-13)17-9-7-15(24)11-18(17)25/h3-12,21H,1-2H3,(H,27,29). The van der Waals surface area contributed by atoms with Crippen LogP contribution < -0.4 is 10.1 Å². The van der Waals surface area contributed by atoms with Crippen molar-refractivity contribution in [3.8, 4) is 5.75 Å². The molecule has 3 aromatic rings. The molecule has 1 atom stereocenters. The summed E-state index contributed by atoms with van der Waals surface area (Å²) in [5.74, 6) is -0.626. The maximum Gasteiger partial charge on any atom is 0.321 e. The first kappa shape index (κ1) is 22.2. The molecule has 0 radical (unpaired) electrons. The van der Waals surface area contributed by atoms with Gasteiger partial charge in [-0.2, -0.15) is 0 Å². The monoisotopic (exact) mass is 466 g/mol. The van der Waals surface area contributed by atoms with E-state index in [1.807, 2.05) is 0 Å². The summed E-state index contributed by atoms with van der Waals surface area (Å²) < 4.78 is 20.8. The van der Waals surface area contributed by atoms with E-state index in [2.05, 4.69) is 5.32 Å². The molecular weight excluding hydrogens is 450 g/mol. The van der Waals surface area contributed by atoms with Gasteiger partial charge in [-0.3, -0.25) is 0 Å². The Morgan fingerprint density at radius 1 is 0.967 bits per heavy atom. The lowest BCUT2D eigenvalue weighted by atomic mass is 10.0. The molecule has 0 saturated heterocycles. The maximum atomic E-state index is 14.8. The Kier molecular flexibility index (Phi) is 7.08. The molecule has 0 aliphatic heterocycles. The summed E-state index contributed by atoms with van der Waals surface area (Å²) in [6.45, 7) is 0. The topological polar surface area (TPSA) is 41.6 Å². The number of anilines is 1. The van der Waals surface area contributed by atoms with Crippen LogP contribution in [0.15, 0.2) is 60.7 Å². The van der Waals surface area contributed by atoms with E-state index in [9.17, 15) is 9.18 Å². The molecule has 4 nitrogen and oxygen atoms in total. The predicted molar refractivity (Wildman–Crippen MR) is 119 cm³/mol. The number of carbonyl (C=O) groups is 1. The number of amides is 2. The molecule has 0 spiro atoms. The Morgan fingerprint density at radius 3 is 2.23 bits per heavy atom. The van der Waals surface area contributed by atoms with E-state index in [1.165, 1.54) is 17.0 Å². The van der Waals surface area contributed by atoms with Crippen molar-refractivity contribution in [1.82, 2.24) is 4.90 Å². The predicted octanol–water partition coefficient (Wildman–Crippen LogP) is 7.05. The zero-order chi connectivity index (χ0) is 21.8. The van der Waals surface area contributed by atoms with Crippen LogP contribution in [0.2, 0.25) is 15.1 Å². The van der Waals surface area contributed by atoms with Gasteiger partial charge >= 0.3 is 6.03 Å².